The lowest BCUT2D eigenvalue weighted by atomic mass is 9.95. The first-order valence-electron chi connectivity index (χ1n) is 11.5. The number of aromatic nitrogens is 2. The highest BCUT2D eigenvalue weighted by Crippen LogP contribution is 2.28. The Bertz CT molecular complexity index is 1170. The number of nitrogens with one attached hydrogen (secondary N) is 2. The average molecular weight is 481 g/mol. The maximum Gasteiger partial charge on any atom is 0.142 e. The molecule has 0 atom stereocenters. The minimum Gasteiger partial charge on any atom is -0.383 e. The van der Waals surface area contributed by atoms with E-state index in [1.807, 2.05) is 28.8 Å². The van der Waals surface area contributed by atoms with Gasteiger partial charge < -0.3 is 20.9 Å². The number of rotatable bonds is 9. The molecule has 4 N–H and O–H groups in total. The second-order valence-corrected chi connectivity index (χ2v) is 8.94. The Morgan fingerprint density at radius 2 is 2.06 bits per heavy atom. The molecule has 0 unspecified atom stereocenters. The lowest BCUT2D eigenvalue weighted by molar-refractivity contribution is 0.339. The molecule has 0 spiro atoms. The van der Waals surface area contributed by atoms with Crippen molar-refractivity contribution in [2.75, 3.05) is 18.8 Å². The Labute approximate surface area is 204 Å². The molecule has 1 saturated heterocycles. The molecule has 2 aromatic carbocycles. The molecule has 1 fully saturated rings. The van der Waals surface area contributed by atoms with Crippen LogP contribution in [0.2, 0.25) is 5.02 Å². The third-order valence-electron chi connectivity index (χ3n) is 6.12. The number of halogens is 2. The number of anilines is 1. The molecule has 2 heterocycles. The first kappa shape index (κ1) is 24.0. The van der Waals surface area contributed by atoms with Crippen molar-refractivity contribution < 1.29 is 4.39 Å². The smallest absolute Gasteiger partial charge is 0.142 e. The maximum absolute atomic E-state index is 13.8. The fourth-order valence-corrected chi connectivity index (χ4v) is 4.35. The summed E-state index contributed by atoms with van der Waals surface area (Å²) < 4.78 is 15.9. The average Bonchev–Trinajstić information content (AvgIpc) is 3.16. The summed E-state index contributed by atoms with van der Waals surface area (Å²) >= 11 is 6.24. The van der Waals surface area contributed by atoms with Gasteiger partial charge in [0.05, 0.1) is 6.21 Å². The molecule has 8 heteroatoms. The van der Waals surface area contributed by atoms with E-state index in [0.717, 1.165) is 37.4 Å². The van der Waals surface area contributed by atoms with Gasteiger partial charge in [-0.05, 0) is 56.5 Å². The van der Waals surface area contributed by atoms with E-state index >= 15 is 0 Å². The van der Waals surface area contributed by atoms with E-state index in [1.165, 1.54) is 18.9 Å². The molecule has 178 valence electrons. The van der Waals surface area contributed by atoms with Crippen LogP contribution in [-0.4, -0.2) is 28.9 Å². The number of imidazole rings is 1. The van der Waals surface area contributed by atoms with E-state index in [1.54, 1.807) is 24.4 Å². The van der Waals surface area contributed by atoms with Crippen molar-refractivity contribution in [1.29, 1.82) is 0 Å². The summed E-state index contributed by atoms with van der Waals surface area (Å²) in [5.41, 5.74) is 8.54. The molecular weight excluding hydrogens is 451 g/mol. The van der Waals surface area contributed by atoms with Crippen LogP contribution in [0, 0.1) is 11.7 Å². The Morgan fingerprint density at radius 1 is 1.26 bits per heavy atom. The van der Waals surface area contributed by atoms with Crippen molar-refractivity contribution in [3.63, 3.8) is 0 Å². The van der Waals surface area contributed by atoms with Crippen molar-refractivity contribution in [2.24, 2.45) is 10.9 Å². The van der Waals surface area contributed by atoms with Crippen LogP contribution in [0.25, 0.3) is 11.4 Å². The number of piperidine rings is 1. The number of hydrogen-bond donors (Lipinski definition) is 3. The van der Waals surface area contributed by atoms with E-state index < -0.39 is 0 Å². The molecule has 4 rings (SSSR count). The molecule has 0 radical (unpaired) electrons. The molecule has 0 aliphatic carbocycles. The van der Waals surface area contributed by atoms with Gasteiger partial charge in [0.1, 0.15) is 29.0 Å². The predicted octanol–water partition coefficient (Wildman–Crippen LogP) is 4.99. The summed E-state index contributed by atoms with van der Waals surface area (Å²) in [6, 6.07) is 14.2. The lowest BCUT2D eigenvalue weighted by Crippen LogP contribution is -2.28. The van der Waals surface area contributed by atoms with Gasteiger partial charge in [-0.3, -0.25) is 0 Å². The minimum absolute atomic E-state index is 0.269. The standard InChI is InChI=1S/C26H30ClFN6/c1-18(31-16-21-5-2-3-8-23(21)28)32-17-24-25(29)34(14-11-19-9-12-30-13-10-19)26(33-24)20-6-4-7-22(27)15-20/h2-8,15,17,19,30-31H,1,9-14,16,29H2. The van der Waals surface area contributed by atoms with Crippen LogP contribution in [0.3, 0.4) is 0 Å². The Morgan fingerprint density at radius 3 is 2.82 bits per heavy atom. The van der Waals surface area contributed by atoms with Crippen molar-refractivity contribution in [3.05, 3.63) is 83.0 Å². The first-order chi connectivity index (χ1) is 16.5. The van der Waals surface area contributed by atoms with Crippen LogP contribution < -0.4 is 16.4 Å². The van der Waals surface area contributed by atoms with Gasteiger partial charge in [0.25, 0.3) is 0 Å². The highest BCUT2D eigenvalue weighted by atomic mass is 35.5. The molecule has 1 aliphatic rings. The van der Waals surface area contributed by atoms with Crippen LogP contribution in [0.5, 0.6) is 0 Å². The summed E-state index contributed by atoms with van der Waals surface area (Å²) in [5, 5.41) is 7.08. The molecule has 1 aromatic heterocycles. The van der Waals surface area contributed by atoms with Gasteiger partial charge in [0.2, 0.25) is 0 Å². The van der Waals surface area contributed by atoms with Gasteiger partial charge in [-0.15, -0.1) is 0 Å². The summed E-state index contributed by atoms with van der Waals surface area (Å²) in [7, 11) is 0. The van der Waals surface area contributed by atoms with Crippen LogP contribution in [0.4, 0.5) is 10.2 Å². The van der Waals surface area contributed by atoms with Gasteiger partial charge in [-0.1, -0.05) is 48.5 Å². The van der Waals surface area contributed by atoms with Crippen molar-refractivity contribution in [3.8, 4) is 11.4 Å². The van der Waals surface area contributed by atoms with Crippen LogP contribution in [0.1, 0.15) is 30.5 Å². The summed E-state index contributed by atoms with van der Waals surface area (Å²) in [6.45, 7) is 7.09. The molecule has 1 aliphatic heterocycles. The topological polar surface area (TPSA) is 80.3 Å². The third kappa shape index (κ3) is 6.04. The molecule has 0 saturated carbocycles. The van der Waals surface area contributed by atoms with Gasteiger partial charge >= 0.3 is 0 Å². The van der Waals surface area contributed by atoms with Gasteiger partial charge in [0.15, 0.2) is 0 Å². The summed E-state index contributed by atoms with van der Waals surface area (Å²) in [6.07, 6.45) is 4.97. The fraction of sp³-hybridized carbons (Fsp3) is 0.308. The van der Waals surface area contributed by atoms with Crippen molar-refractivity contribution in [2.45, 2.75) is 32.4 Å². The number of nitrogens with two attached hydrogens (primary N) is 1. The van der Waals surface area contributed by atoms with E-state index in [9.17, 15) is 4.39 Å². The second-order valence-electron chi connectivity index (χ2n) is 8.50. The number of benzene rings is 2. The Balaban J connectivity index is 1.52. The summed E-state index contributed by atoms with van der Waals surface area (Å²) in [4.78, 5) is 9.15. The van der Waals surface area contributed by atoms with E-state index in [2.05, 4.69) is 22.2 Å². The fourth-order valence-electron chi connectivity index (χ4n) is 4.16. The van der Waals surface area contributed by atoms with Crippen LogP contribution >= 0.6 is 11.6 Å². The number of hydrogen-bond acceptors (Lipinski definition) is 5. The van der Waals surface area contributed by atoms with E-state index in [0.29, 0.717) is 33.8 Å². The first-order valence-corrected chi connectivity index (χ1v) is 11.9. The van der Waals surface area contributed by atoms with Crippen LogP contribution in [-0.2, 0) is 13.1 Å². The highest BCUT2D eigenvalue weighted by molar-refractivity contribution is 6.30. The number of nitrogen functional groups attached to an aromatic ring is 1. The molecule has 6 nitrogen and oxygen atoms in total. The largest absolute Gasteiger partial charge is 0.383 e. The van der Waals surface area contributed by atoms with Crippen molar-refractivity contribution >= 4 is 23.6 Å². The van der Waals surface area contributed by atoms with Crippen molar-refractivity contribution in [1.82, 2.24) is 20.2 Å². The zero-order valence-electron chi connectivity index (χ0n) is 19.1. The summed E-state index contributed by atoms with van der Waals surface area (Å²) in [5.74, 6) is 2.11. The SMILES string of the molecule is C=C(N=Cc1nc(-c2cccc(Cl)c2)n(CCC2CCNCC2)c1N)NCc1ccccc1F. The Kier molecular flexibility index (Phi) is 7.98. The van der Waals surface area contributed by atoms with Gasteiger partial charge in [-0.25, -0.2) is 14.4 Å². The second kappa shape index (κ2) is 11.3. The monoisotopic (exact) mass is 480 g/mol. The quantitative estimate of drug-likeness (QED) is 0.377. The number of aliphatic imine (C=N–C) groups is 1. The third-order valence-corrected chi connectivity index (χ3v) is 6.36. The lowest BCUT2D eigenvalue weighted by Gasteiger charge is -2.23. The molecule has 34 heavy (non-hydrogen) atoms. The molecular formula is C26H30ClFN6. The number of nitrogens with zero attached hydrogens (tertiary/aromatic N) is 3. The normalized spacial score (nSPS) is 14.5. The zero-order valence-corrected chi connectivity index (χ0v) is 19.9. The minimum atomic E-state index is -0.269. The molecule has 3 aromatic rings. The van der Waals surface area contributed by atoms with E-state index in [-0.39, 0.29) is 12.4 Å². The van der Waals surface area contributed by atoms with Crippen LogP contribution in [0.15, 0.2) is 65.9 Å². The van der Waals surface area contributed by atoms with E-state index in [4.69, 9.17) is 22.3 Å². The highest BCUT2D eigenvalue weighted by Gasteiger charge is 2.18. The van der Waals surface area contributed by atoms with Gasteiger partial charge in [-0.2, -0.15) is 0 Å². The molecule has 0 bridgehead atoms. The molecule has 0 amide bonds. The maximum atomic E-state index is 13.8. The predicted molar refractivity (Wildman–Crippen MR) is 137 cm³/mol. The Hall–Kier alpha value is -3.16. The van der Waals surface area contributed by atoms with Gasteiger partial charge in [0, 0.05) is 29.2 Å². The zero-order chi connectivity index (χ0) is 23.9.